The third-order valence-corrected chi connectivity index (χ3v) is 5.95. The van der Waals surface area contributed by atoms with Crippen LogP contribution in [0, 0.1) is 11.3 Å². The van der Waals surface area contributed by atoms with Gasteiger partial charge in [0.1, 0.15) is 10.9 Å². The van der Waals surface area contributed by atoms with E-state index in [9.17, 15) is 10.1 Å². The van der Waals surface area contributed by atoms with Gasteiger partial charge < -0.3 is 0 Å². The van der Waals surface area contributed by atoms with E-state index < -0.39 is 0 Å². The number of thiophene rings is 1. The van der Waals surface area contributed by atoms with Gasteiger partial charge in [0.2, 0.25) is 0 Å². The molecule has 20 heavy (non-hydrogen) atoms. The normalized spacial score (nSPS) is 17.6. The van der Waals surface area contributed by atoms with Gasteiger partial charge in [-0.3, -0.25) is 4.79 Å². The summed E-state index contributed by atoms with van der Waals surface area (Å²) in [4.78, 5) is 13.2. The monoisotopic (exact) mass is 299 g/mol. The molecule has 1 aromatic carbocycles. The molecular formula is C16H13NOS2. The molecule has 0 saturated heterocycles. The highest BCUT2D eigenvalue weighted by atomic mass is 32.2. The molecule has 0 radical (unpaired) electrons. The number of thioether (sulfide) groups is 1. The second kappa shape index (κ2) is 5.43. The Morgan fingerprint density at radius 2 is 2.05 bits per heavy atom. The molecule has 0 bridgehead atoms. The van der Waals surface area contributed by atoms with E-state index in [1.54, 1.807) is 11.8 Å². The molecule has 1 aliphatic rings. The molecule has 1 aromatic heterocycles. The molecule has 1 aliphatic carbocycles. The molecule has 0 amide bonds. The molecule has 0 spiro atoms. The smallest absolute Gasteiger partial charge is 0.165 e. The lowest BCUT2D eigenvalue weighted by molar-refractivity contribution is 0.0962. The average Bonchev–Trinajstić information content (AvgIpc) is 2.86. The third-order valence-electron chi connectivity index (χ3n) is 3.69. The van der Waals surface area contributed by atoms with Crippen molar-refractivity contribution in [2.24, 2.45) is 0 Å². The molecule has 4 heteroatoms. The molecular weight excluding hydrogens is 286 g/mol. The summed E-state index contributed by atoms with van der Waals surface area (Å²) in [6.07, 6.45) is 3.31. The first kappa shape index (κ1) is 13.4. The van der Waals surface area contributed by atoms with Crippen LogP contribution < -0.4 is 0 Å². The fraction of sp³-hybridized carbons (Fsp3) is 0.250. The van der Waals surface area contributed by atoms with Gasteiger partial charge in [-0.2, -0.15) is 5.26 Å². The van der Waals surface area contributed by atoms with E-state index in [0.717, 1.165) is 21.8 Å². The van der Waals surface area contributed by atoms with E-state index in [0.29, 0.717) is 11.3 Å². The number of ketones is 1. The highest BCUT2D eigenvalue weighted by molar-refractivity contribution is 8.00. The summed E-state index contributed by atoms with van der Waals surface area (Å²) in [5.41, 5.74) is 2.96. The van der Waals surface area contributed by atoms with E-state index >= 15 is 0 Å². The average molecular weight is 299 g/mol. The molecule has 0 fully saturated rings. The first-order chi connectivity index (χ1) is 9.74. The second-order valence-electron chi connectivity index (χ2n) is 4.83. The number of fused-ring (bicyclic) bond motifs is 1. The van der Waals surface area contributed by atoms with Gasteiger partial charge in [0.15, 0.2) is 5.78 Å². The zero-order chi connectivity index (χ0) is 14.1. The molecule has 0 saturated carbocycles. The number of carbonyl (C=O) groups is 1. The van der Waals surface area contributed by atoms with Crippen molar-refractivity contribution in [1.82, 2.24) is 0 Å². The fourth-order valence-electron chi connectivity index (χ4n) is 2.76. The maximum Gasteiger partial charge on any atom is 0.165 e. The molecule has 2 aromatic rings. The molecule has 0 unspecified atom stereocenters. The molecule has 0 N–H and O–H groups in total. The van der Waals surface area contributed by atoms with Crippen molar-refractivity contribution in [3.05, 3.63) is 51.9 Å². The standard InChI is InChI=1S/C16H13NOS2/c1-19-16-15-12(14(9-17)20-16)7-11(8-13(15)18)10-5-3-2-4-6-10/h2-6,11H,7-8H2,1H3/t11-/m1/s1. The van der Waals surface area contributed by atoms with Gasteiger partial charge in [-0.05, 0) is 29.7 Å². The first-order valence-electron chi connectivity index (χ1n) is 6.42. The van der Waals surface area contributed by atoms with Crippen molar-refractivity contribution < 1.29 is 4.79 Å². The summed E-state index contributed by atoms with van der Waals surface area (Å²) in [6, 6.07) is 12.4. The van der Waals surface area contributed by atoms with Crippen LogP contribution in [-0.4, -0.2) is 12.0 Å². The summed E-state index contributed by atoms with van der Waals surface area (Å²) >= 11 is 3.02. The zero-order valence-corrected chi connectivity index (χ0v) is 12.7. The van der Waals surface area contributed by atoms with E-state index in [1.165, 1.54) is 16.9 Å². The van der Waals surface area contributed by atoms with Crippen molar-refractivity contribution in [1.29, 1.82) is 5.26 Å². The van der Waals surface area contributed by atoms with Crippen molar-refractivity contribution >= 4 is 28.9 Å². The lowest BCUT2D eigenvalue weighted by Crippen LogP contribution is -2.18. The van der Waals surface area contributed by atoms with Gasteiger partial charge >= 0.3 is 0 Å². The quantitative estimate of drug-likeness (QED) is 0.778. The summed E-state index contributed by atoms with van der Waals surface area (Å²) in [6.45, 7) is 0. The molecule has 3 rings (SSSR count). The minimum absolute atomic E-state index is 0.183. The van der Waals surface area contributed by atoms with Crippen LogP contribution in [0.5, 0.6) is 0 Å². The predicted octanol–water partition coefficient (Wildman–Crippen LogP) is 4.25. The second-order valence-corrected chi connectivity index (χ2v) is 6.92. The van der Waals surface area contributed by atoms with Gasteiger partial charge in [-0.1, -0.05) is 30.3 Å². The van der Waals surface area contributed by atoms with Gasteiger partial charge in [-0.25, -0.2) is 0 Å². The summed E-state index contributed by atoms with van der Waals surface area (Å²) in [7, 11) is 0. The van der Waals surface area contributed by atoms with Crippen molar-refractivity contribution in [3.63, 3.8) is 0 Å². The number of hydrogen-bond donors (Lipinski definition) is 0. The molecule has 1 heterocycles. The minimum Gasteiger partial charge on any atom is -0.294 e. The Hall–Kier alpha value is -1.57. The minimum atomic E-state index is 0.183. The lowest BCUT2D eigenvalue weighted by atomic mass is 9.80. The Morgan fingerprint density at radius 3 is 2.70 bits per heavy atom. The van der Waals surface area contributed by atoms with Crippen LogP contribution in [0.3, 0.4) is 0 Å². The summed E-state index contributed by atoms with van der Waals surface area (Å²) in [5.74, 6) is 0.384. The highest BCUT2D eigenvalue weighted by Crippen LogP contribution is 2.42. The van der Waals surface area contributed by atoms with Gasteiger partial charge in [0, 0.05) is 12.0 Å². The van der Waals surface area contributed by atoms with Crippen LogP contribution in [0.15, 0.2) is 34.5 Å². The number of rotatable bonds is 2. The topological polar surface area (TPSA) is 40.9 Å². The van der Waals surface area contributed by atoms with Crippen LogP contribution in [0.1, 0.15) is 38.7 Å². The number of Topliss-reactive ketones (excluding diaryl/α,β-unsaturated/α-hetero) is 1. The number of carbonyl (C=O) groups excluding carboxylic acids is 1. The van der Waals surface area contributed by atoms with Crippen molar-refractivity contribution in [3.8, 4) is 6.07 Å². The SMILES string of the molecule is CSc1sc(C#N)c2c1C(=O)C[C@H](c1ccccc1)C2. The number of hydrogen-bond acceptors (Lipinski definition) is 4. The van der Waals surface area contributed by atoms with E-state index in [4.69, 9.17) is 0 Å². The molecule has 100 valence electrons. The Bertz CT molecular complexity index is 697. The number of nitriles is 1. The van der Waals surface area contributed by atoms with Crippen LogP contribution in [0.4, 0.5) is 0 Å². The predicted molar refractivity (Wildman–Crippen MR) is 82.6 cm³/mol. The maximum absolute atomic E-state index is 12.5. The largest absolute Gasteiger partial charge is 0.294 e. The Morgan fingerprint density at radius 1 is 1.30 bits per heavy atom. The lowest BCUT2D eigenvalue weighted by Gasteiger charge is -2.22. The number of nitrogens with zero attached hydrogens (tertiary/aromatic N) is 1. The van der Waals surface area contributed by atoms with Crippen LogP contribution >= 0.6 is 23.1 Å². The first-order valence-corrected chi connectivity index (χ1v) is 8.46. The zero-order valence-electron chi connectivity index (χ0n) is 11.1. The maximum atomic E-state index is 12.5. The summed E-state index contributed by atoms with van der Waals surface area (Å²) in [5, 5.41) is 9.29. The molecule has 1 atom stereocenters. The van der Waals surface area contributed by atoms with Crippen molar-refractivity contribution in [2.45, 2.75) is 23.0 Å². The van der Waals surface area contributed by atoms with Gasteiger partial charge in [0.05, 0.1) is 4.21 Å². The third kappa shape index (κ3) is 2.17. The molecule has 2 nitrogen and oxygen atoms in total. The van der Waals surface area contributed by atoms with Gasteiger partial charge in [0.25, 0.3) is 0 Å². The Labute approximate surface area is 126 Å². The van der Waals surface area contributed by atoms with E-state index in [-0.39, 0.29) is 11.7 Å². The van der Waals surface area contributed by atoms with E-state index in [1.807, 2.05) is 24.5 Å². The molecule has 0 aliphatic heterocycles. The Balaban J connectivity index is 2.05. The van der Waals surface area contributed by atoms with Crippen LogP contribution in [0.2, 0.25) is 0 Å². The summed E-state index contributed by atoms with van der Waals surface area (Å²) < 4.78 is 0.994. The van der Waals surface area contributed by atoms with Crippen molar-refractivity contribution in [2.75, 3.05) is 6.26 Å². The van der Waals surface area contributed by atoms with E-state index in [2.05, 4.69) is 18.2 Å². The van der Waals surface area contributed by atoms with Crippen LogP contribution in [0.25, 0.3) is 0 Å². The highest BCUT2D eigenvalue weighted by Gasteiger charge is 2.32. The van der Waals surface area contributed by atoms with Gasteiger partial charge in [-0.15, -0.1) is 23.1 Å². The number of benzene rings is 1. The Kier molecular flexibility index (Phi) is 3.64. The van der Waals surface area contributed by atoms with Crippen LogP contribution in [-0.2, 0) is 6.42 Å². The fourth-order valence-corrected chi connectivity index (χ4v) is 4.66.